The van der Waals surface area contributed by atoms with Crippen LogP contribution in [-0.2, 0) is 17.8 Å². The molecule has 20 heavy (non-hydrogen) atoms. The summed E-state index contributed by atoms with van der Waals surface area (Å²) in [5.74, 6) is -2.85. The third kappa shape index (κ3) is 2.17. The number of carboxylic acid groups (broad SMARTS) is 1. The first-order valence-corrected chi connectivity index (χ1v) is 6.09. The fourth-order valence-corrected chi connectivity index (χ4v) is 2.43. The van der Waals surface area contributed by atoms with Crippen molar-refractivity contribution >= 4 is 16.9 Å². The predicted octanol–water partition coefficient (Wildman–Crippen LogP) is 2.24. The topological polar surface area (TPSA) is 59.3 Å². The van der Waals surface area contributed by atoms with Crippen molar-refractivity contribution in [2.24, 2.45) is 0 Å². The lowest BCUT2D eigenvalue weighted by Crippen LogP contribution is -2.22. The molecule has 0 saturated carbocycles. The van der Waals surface area contributed by atoms with Gasteiger partial charge >= 0.3 is 5.97 Å². The van der Waals surface area contributed by atoms with Crippen molar-refractivity contribution in [3.63, 3.8) is 0 Å². The molecule has 0 atom stereocenters. The average molecular weight is 281 g/mol. The Morgan fingerprint density at radius 1 is 1.35 bits per heavy atom. The molecule has 0 spiro atoms. The van der Waals surface area contributed by atoms with Gasteiger partial charge in [-0.15, -0.1) is 0 Å². The fourth-order valence-electron chi connectivity index (χ4n) is 2.43. The Morgan fingerprint density at radius 3 is 2.55 bits per heavy atom. The third-order valence-electron chi connectivity index (χ3n) is 3.30. The highest BCUT2D eigenvalue weighted by molar-refractivity contribution is 5.82. The number of hydrogen-bond acceptors (Lipinski definition) is 2. The molecule has 4 nitrogen and oxygen atoms in total. The van der Waals surface area contributed by atoms with E-state index in [1.807, 2.05) is 0 Å². The van der Waals surface area contributed by atoms with Gasteiger partial charge in [-0.2, -0.15) is 0 Å². The minimum absolute atomic E-state index is 0.00513. The van der Waals surface area contributed by atoms with Crippen molar-refractivity contribution in [1.82, 2.24) is 4.57 Å². The van der Waals surface area contributed by atoms with Crippen molar-refractivity contribution in [2.75, 3.05) is 0 Å². The number of carbonyl (C=O) groups is 1. The van der Waals surface area contributed by atoms with E-state index in [0.29, 0.717) is 18.3 Å². The molecule has 0 fully saturated rings. The molecule has 0 saturated heterocycles. The molecule has 0 bridgehead atoms. The second kappa shape index (κ2) is 5.03. The van der Waals surface area contributed by atoms with Crippen molar-refractivity contribution in [3.8, 4) is 0 Å². The highest BCUT2D eigenvalue weighted by atomic mass is 19.1. The van der Waals surface area contributed by atoms with Crippen LogP contribution in [0, 0.1) is 18.6 Å². The molecular weight excluding hydrogens is 268 g/mol. The van der Waals surface area contributed by atoms with Crippen LogP contribution in [0.5, 0.6) is 0 Å². The Labute approximate surface area is 113 Å². The summed E-state index contributed by atoms with van der Waals surface area (Å²) in [5, 5.41) is 8.73. The zero-order valence-electron chi connectivity index (χ0n) is 11.0. The summed E-state index contributed by atoms with van der Waals surface area (Å²) in [6.07, 6.45) is -0.473. The molecular formula is C14H13F2NO3. The van der Waals surface area contributed by atoms with Crippen molar-refractivity contribution in [1.29, 1.82) is 0 Å². The standard InChI is InChI=1S/C14H13F2NO3/c1-3-17-7(2)9(6-12(18)19)14(20)10-4-8(15)5-11(16)13(10)17/h4-5H,3,6H2,1-2H3,(H,18,19). The van der Waals surface area contributed by atoms with E-state index in [2.05, 4.69) is 0 Å². The van der Waals surface area contributed by atoms with Gasteiger partial charge in [0.1, 0.15) is 5.82 Å². The molecule has 1 aromatic carbocycles. The van der Waals surface area contributed by atoms with Crippen LogP contribution in [-0.4, -0.2) is 15.6 Å². The molecule has 0 aliphatic carbocycles. The Morgan fingerprint density at radius 2 is 2.00 bits per heavy atom. The third-order valence-corrected chi connectivity index (χ3v) is 3.30. The van der Waals surface area contributed by atoms with Gasteiger partial charge in [-0.05, 0) is 19.9 Å². The molecule has 1 aromatic heterocycles. The minimum atomic E-state index is -1.16. The normalized spacial score (nSPS) is 11.0. The zero-order chi connectivity index (χ0) is 15.0. The second-order valence-corrected chi connectivity index (χ2v) is 4.49. The number of hydrogen-bond donors (Lipinski definition) is 1. The van der Waals surface area contributed by atoms with Gasteiger partial charge in [0.2, 0.25) is 0 Å². The van der Waals surface area contributed by atoms with Gasteiger partial charge in [0.25, 0.3) is 0 Å². The molecule has 6 heteroatoms. The number of carboxylic acids is 1. The Bertz CT molecular complexity index is 765. The smallest absolute Gasteiger partial charge is 0.308 e. The predicted molar refractivity (Wildman–Crippen MR) is 69.9 cm³/mol. The van der Waals surface area contributed by atoms with E-state index < -0.39 is 29.5 Å². The number of pyridine rings is 1. The number of aliphatic carboxylic acids is 1. The number of aromatic nitrogens is 1. The maximum atomic E-state index is 13.9. The van der Waals surface area contributed by atoms with Crippen LogP contribution in [0.4, 0.5) is 8.78 Å². The van der Waals surface area contributed by atoms with Gasteiger partial charge in [-0.25, -0.2) is 8.78 Å². The molecule has 0 aliphatic heterocycles. The van der Waals surface area contributed by atoms with Crippen LogP contribution in [0.25, 0.3) is 10.9 Å². The average Bonchev–Trinajstić information content (AvgIpc) is 2.36. The maximum Gasteiger partial charge on any atom is 0.308 e. The van der Waals surface area contributed by atoms with Crippen LogP contribution in [0.2, 0.25) is 0 Å². The molecule has 1 N–H and O–H groups in total. The van der Waals surface area contributed by atoms with Crippen LogP contribution in [0.3, 0.4) is 0 Å². The van der Waals surface area contributed by atoms with Gasteiger partial charge in [0.15, 0.2) is 11.2 Å². The first kappa shape index (κ1) is 14.2. The molecule has 0 unspecified atom stereocenters. The summed E-state index contributed by atoms with van der Waals surface area (Å²) in [4.78, 5) is 23.1. The van der Waals surface area contributed by atoms with E-state index in [-0.39, 0.29) is 16.5 Å². The highest BCUT2D eigenvalue weighted by Crippen LogP contribution is 2.21. The molecule has 106 valence electrons. The molecule has 0 amide bonds. The number of nitrogens with zero attached hydrogens (tertiary/aromatic N) is 1. The van der Waals surface area contributed by atoms with Gasteiger partial charge < -0.3 is 9.67 Å². The largest absolute Gasteiger partial charge is 0.481 e. The summed E-state index contributed by atoms with van der Waals surface area (Å²) in [5.41, 5.74) is -0.191. The van der Waals surface area contributed by atoms with E-state index in [1.54, 1.807) is 13.8 Å². The van der Waals surface area contributed by atoms with Gasteiger partial charge in [0.05, 0.1) is 17.3 Å². The van der Waals surface area contributed by atoms with Crippen LogP contribution in [0.1, 0.15) is 18.2 Å². The first-order chi connectivity index (χ1) is 9.36. The second-order valence-electron chi connectivity index (χ2n) is 4.49. The minimum Gasteiger partial charge on any atom is -0.481 e. The Kier molecular flexibility index (Phi) is 3.57. The quantitative estimate of drug-likeness (QED) is 0.938. The monoisotopic (exact) mass is 281 g/mol. The fraction of sp³-hybridized carbons (Fsp3) is 0.286. The lowest BCUT2D eigenvalue weighted by molar-refractivity contribution is -0.136. The number of benzene rings is 1. The number of aryl methyl sites for hydroxylation is 1. The number of fused-ring (bicyclic) bond motifs is 1. The highest BCUT2D eigenvalue weighted by Gasteiger charge is 2.18. The molecule has 0 aliphatic rings. The van der Waals surface area contributed by atoms with Crippen molar-refractivity contribution in [2.45, 2.75) is 26.8 Å². The van der Waals surface area contributed by atoms with Crippen LogP contribution in [0.15, 0.2) is 16.9 Å². The lowest BCUT2D eigenvalue weighted by Gasteiger charge is -2.16. The molecule has 0 radical (unpaired) electrons. The van der Waals surface area contributed by atoms with E-state index in [9.17, 15) is 18.4 Å². The van der Waals surface area contributed by atoms with E-state index >= 15 is 0 Å². The van der Waals surface area contributed by atoms with E-state index in [0.717, 1.165) is 6.07 Å². The van der Waals surface area contributed by atoms with E-state index in [1.165, 1.54) is 4.57 Å². The van der Waals surface area contributed by atoms with Crippen molar-refractivity contribution in [3.05, 3.63) is 45.2 Å². The maximum absolute atomic E-state index is 13.9. The van der Waals surface area contributed by atoms with Gasteiger partial charge in [0, 0.05) is 23.9 Å². The molecule has 2 aromatic rings. The summed E-state index contributed by atoms with van der Waals surface area (Å²) in [7, 11) is 0. The summed E-state index contributed by atoms with van der Waals surface area (Å²) < 4.78 is 28.7. The Balaban J connectivity index is 2.98. The molecule has 1 heterocycles. The summed E-state index contributed by atoms with van der Waals surface area (Å²) in [6.45, 7) is 3.65. The zero-order valence-corrected chi connectivity index (χ0v) is 11.0. The van der Waals surface area contributed by atoms with Gasteiger partial charge in [-0.1, -0.05) is 0 Å². The van der Waals surface area contributed by atoms with E-state index in [4.69, 9.17) is 5.11 Å². The number of halogens is 2. The van der Waals surface area contributed by atoms with Crippen LogP contribution >= 0.6 is 0 Å². The molecule has 2 rings (SSSR count). The van der Waals surface area contributed by atoms with Gasteiger partial charge in [-0.3, -0.25) is 9.59 Å². The summed E-state index contributed by atoms with van der Waals surface area (Å²) in [6, 6.07) is 1.65. The first-order valence-electron chi connectivity index (χ1n) is 6.09. The van der Waals surface area contributed by atoms with Crippen LogP contribution < -0.4 is 5.43 Å². The lowest BCUT2D eigenvalue weighted by atomic mass is 10.0. The van der Waals surface area contributed by atoms with Crippen molar-refractivity contribution < 1.29 is 18.7 Å². The summed E-state index contributed by atoms with van der Waals surface area (Å²) >= 11 is 0. The Hall–Kier alpha value is -2.24. The SMILES string of the molecule is CCn1c(C)c(CC(=O)O)c(=O)c2cc(F)cc(F)c21. The number of rotatable bonds is 3.